The normalized spacial score (nSPS) is 11.7. The fourth-order valence-electron chi connectivity index (χ4n) is 3.46. The SMILES string of the molecule is CNCc1cc(-c2ccc3[nH]ccc3c2)n(S(=O)(=O)c2ccc(C(=O)NC)cc2)c1. The fraction of sp³-hybridized carbons (Fsp3) is 0.136. The van der Waals surface area contributed by atoms with Crippen molar-refractivity contribution in [3.8, 4) is 11.3 Å². The maximum atomic E-state index is 13.4. The number of amides is 1. The summed E-state index contributed by atoms with van der Waals surface area (Å²) in [5, 5.41) is 6.59. The predicted molar refractivity (Wildman–Crippen MR) is 117 cm³/mol. The summed E-state index contributed by atoms with van der Waals surface area (Å²) in [4.78, 5) is 15.0. The van der Waals surface area contributed by atoms with E-state index in [1.54, 1.807) is 6.20 Å². The number of aromatic nitrogens is 2. The van der Waals surface area contributed by atoms with E-state index in [9.17, 15) is 13.2 Å². The second-order valence-corrected chi connectivity index (χ2v) is 8.76. The average Bonchev–Trinajstić information content (AvgIpc) is 3.40. The third kappa shape index (κ3) is 3.51. The summed E-state index contributed by atoms with van der Waals surface area (Å²) < 4.78 is 28.2. The van der Waals surface area contributed by atoms with Crippen LogP contribution >= 0.6 is 0 Å². The molecule has 0 aliphatic heterocycles. The minimum absolute atomic E-state index is 0.116. The van der Waals surface area contributed by atoms with Gasteiger partial charge in [-0.25, -0.2) is 12.4 Å². The van der Waals surface area contributed by atoms with Gasteiger partial charge in [0, 0.05) is 42.5 Å². The van der Waals surface area contributed by atoms with Gasteiger partial charge in [0.05, 0.1) is 10.6 Å². The van der Waals surface area contributed by atoms with E-state index in [0.717, 1.165) is 22.0 Å². The third-order valence-electron chi connectivity index (χ3n) is 4.97. The number of carbonyl (C=O) groups excluding carboxylic acids is 1. The van der Waals surface area contributed by atoms with E-state index >= 15 is 0 Å². The maximum absolute atomic E-state index is 13.4. The van der Waals surface area contributed by atoms with Crippen LogP contribution in [0.25, 0.3) is 22.2 Å². The summed E-state index contributed by atoms with van der Waals surface area (Å²) in [5.41, 5.74) is 3.62. The molecule has 0 spiro atoms. The van der Waals surface area contributed by atoms with Crippen LogP contribution in [0.2, 0.25) is 0 Å². The summed E-state index contributed by atoms with van der Waals surface area (Å²) in [6.07, 6.45) is 3.49. The Hall–Kier alpha value is -3.36. The van der Waals surface area contributed by atoms with E-state index in [-0.39, 0.29) is 10.8 Å². The molecule has 4 aromatic rings. The zero-order valence-electron chi connectivity index (χ0n) is 16.6. The molecule has 2 aromatic carbocycles. The van der Waals surface area contributed by atoms with Gasteiger partial charge in [0.15, 0.2) is 0 Å². The highest BCUT2D eigenvalue weighted by molar-refractivity contribution is 7.90. The minimum atomic E-state index is -3.85. The zero-order valence-corrected chi connectivity index (χ0v) is 17.5. The Bertz CT molecular complexity index is 1320. The Labute approximate surface area is 174 Å². The van der Waals surface area contributed by atoms with Crippen molar-refractivity contribution in [1.29, 1.82) is 0 Å². The zero-order chi connectivity index (χ0) is 21.3. The van der Waals surface area contributed by atoms with E-state index in [4.69, 9.17) is 0 Å². The average molecular weight is 423 g/mol. The van der Waals surface area contributed by atoms with Gasteiger partial charge in [-0.15, -0.1) is 0 Å². The molecular formula is C22H22N4O3S. The monoisotopic (exact) mass is 422 g/mol. The standard InChI is InChI=1S/C22H22N4O3S/c1-23-13-15-11-21(18-5-8-20-17(12-18)9-10-25-20)26(14-15)30(28,29)19-6-3-16(4-7-19)22(27)24-2/h3-12,14,23,25H,13H2,1-2H3,(H,24,27). The van der Waals surface area contributed by atoms with Crippen molar-refractivity contribution in [2.24, 2.45) is 0 Å². The molecule has 0 saturated carbocycles. The molecule has 0 atom stereocenters. The van der Waals surface area contributed by atoms with Crippen molar-refractivity contribution in [3.05, 3.63) is 78.1 Å². The summed E-state index contributed by atoms with van der Waals surface area (Å²) >= 11 is 0. The van der Waals surface area contributed by atoms with Crippen LogP contribution in [0.15, 0.2) is 71.9 Å². The number of H-pyrrole nitrogens is 1. The van der Waals surface area contributed by atoms with Gasteiger partial charge in [-0.3, -0.25) is 4.79 Å². The minimum Gasteiger partial charge on any atom is -0.361 e. The van der Waals surface area contributed by atoms with Gasteiger partial charge in [-0.1, -0.05) is 6.07 Å². The highest BCUT2D eigenvalue weighted by Gasteiger charge is 2.22. The molecule has 0 unspecified atom stereocenters. The number of rotatable bonds is 6. The third-order valence-corrected chi connectivity index (χ3v) is 6.66. The maximum Gasteiger partial charge on any atom is 0.268 e. The molecule has 0 aliphatic carbocycles. The number of nitrogens with one attached hydrogen (secondary N) is 3. The lowest BCUT2D eigenvalue weighted by Gasteiger charge is -2.11. The first-order valence-corrected chi connectivity index (χ1v) is 10.9. The number of hydrogen-bond acceptors (Lipinski definition) is 4. The number of nitrogens with zero attached hydrogens (tertiary/aromatic N) is 1. The highest BCUT2D eigenvalue weighted by Crippen LogP contribution is 2.29. The van der Waals surface area contributed by atoms with Crippen LogP contribution in [-0.2, 0) is 16.6 Å². The van der Waals surface area contributed by atoms with Crippen molar-refractivity contribution in [3.63, 3.8) is 0 Å². The van der Waals surface area contributed by atoms with Gasteiger partial charge < -0.3 is 15.6 Å². The molecular weight excluding hydrogens is 400 g/mol. The van der Waals surface area contributed by atoms with E-state index in [1.807, 2.05) is 43.6 Å². The van der Waals surface area contributed by atoms with Gasteiger partial charge in [0.25, 0.3) is 15.9 Å². The van der Waals surface area contributed by atoms with Crippen LogP contribution < -0.4 is 10.6 Å². The van der Waals surface area contributed by atoms with E-state index < -0.39 is 10.0 Å². The number of benzene rings is 2. The lowest BCUT2D eigenvalue weighted by Crippen LogP contribution is -2.18. The molecule has 1 amide bonds. The van der Waals surface area contributed by atoms with Crippen LogP contribution in [0.1, 0.15) is 15.9 Å². The Morgan fingerprint density at radius 3 is 2.50 bits per heavy atom. The molecule has 2 heterocycles. The van der Waals surface area contributed by atoms with E-state index in [1.165, 1.54) is 35.3 Å². The summed E-state index contributed by atoms with van der Waals surface area (Å²) in [6.45, 7) is 0.539. The molecule has 0 fully saturated rings. The first kappa shape index (κ1) is 19.9. The van der Waals surface area contributed by atoms with E-state index in [2.05, 4.69) is 15.6 Å². The predicted octanol–water partition coefficient (Wildman–Crippen LogP) is 2.95. The van der Waals surface area contributed by atoms with Gasteiger partial charge in [-0.2, -0.15) is 0 Å². The largest absolute Gasteiger partial charge is 0.361 e. The molecule has 0 aliphatic rings. The Morgan fingerprint density at radius 1 is 1.03 bits per heavy atom. The first-order chi connectivity index (χ1) is 14.4. The van der Waals surface area contributed by atoms with Crippen molar-refractivity contribution in [1.82, 2.24) is 19.6 Å². The molecule has 30 heavy (non-hydrogen) atoms. The Balaban J connectivity index is 1.83. The van der Waals surface area contributed by atoms with Gasteiger partial charge in [0.1, 0.15) is 0 Å². The van der Waals surface area contributed by atoms with Crippen LogP contribution in [0.4, 0.5) is 0 Å². The van der Waals surface area contributed by atoms with Crippen LogP contribution in [0.3, 0.4) is 0 Å². The quantitative estimate of drug-likeness (QED) is 0.445. The first-order valence-electron chi connectivity index (χ1n) is 9.45. The lowest BCUT2D eigenvalue weighted by atomic mass is 10.1. The summed E-state index contributed by atoms with van der Waals surface area (Å²) in [5.74, 6) is -0.267. The number of hydrogen-bond donors (Lipinski definition) is 3. The van der Waals surface area contributed by atoms with Crippen molar-refractivity contribution in [2.75, 3.05) is 14.1 Å². The van der Waals surface area contributed by atoms with Gasteiger partial charge >= 0.3 is 0 Å². The van der Waals surface area contributed by atoms with Crippen molar-refractivity contribution in [2.45, 2.75) is 11.4 Å². The van der Waals surface area contributed by atoms with Gasteiger partial charge in [-0.05, 0) is 66.7 Å². The van der Waals surface area contributed by atoms with Crippen molar-refractivity contribution < 1.29 is 13.2 Å². The highest BCUT2D eigenvalue weighted by atomic mass is 32.2. The number of carbonyl (C=O) groups is 1. The van der Waals surface area contributed by atoms with Crippen molar-refractivity contribution >= 4 is 26.8 Å². The summed E-state index contributed by atoms with van der Waals surface area (Å²) in [6, 6.07) is 15.6. The number of fused-ring (bicyclic) bond motifs is 1. The smallest absolute Gasteiger partial charge is 0.268 e. The second-order valence-electron chi connectivity index (χ2n) is 6.95. The Morgan fingerprint density at radius 2 is 1.80 bits per heavy atom. The molecule has 154 valence electrons. The van der Waals surface area contributed by atoms with Gasteiger partial charge in [0.2, 0.25) is 0 Å². The van der Waals surface area contributed by atoms with Crippen LogP contribution in [0.5, 0.6) is 0 Å². The number of aromatic amines is 1. The van der Waals surface area contributed by atoms with Crippen LogP contribution in [0, 0.1) is 0 Å². The molecule has 3 N–H and O–H groups in total. The topological polar surface area (TPSA) is 96.0 Å². The summed E-state index contributed by atoms with van der Waals surface area (Å²) in [7, 11) is -0.509. The van der Waals surface area contributed by atoms with Crippen LogP contribution in [-0.4, -0.2) is 37.4 Å². The molecule has 2 aromatic heterocycles. The molecule has 0 bridgehead atoms. The molecule has 4 rings (SSSR count). The molecule has 8 heteroatoms. The fourth-order valence-corrected chi connectivity index (χ4v) is 4.85. The Kier molecular flexibility index (Phi) is 5.19. The second kappa shape index (κ2) is 7.81. The molecule has 7 nitrogen and oxygen atoms in total. The molecule has 0 radical (unpaired) electrons. The lowest BCUT2D eigenvalue weighted by molar-refractivity contribution is 0.0963. The molecule has 0 saturated heterocycles. The van der Waals surface area contributed by atoms with E-state index in [0.29, 0.717) is 17.8 Å².